The number of ether oxygens (including phenoxy) is 1. The first-order valence-electron chi connectivity index (χ1n) is 11.4. The summed E-state index contributed by atoms with van der Waals surface area (Å²) in [4.78, 5) is 12.0. The van der Waals surface area contributed by atoms with Crippen LogP contribution in [0.5, 0.6) is 5.75 Å². The normalized spacial score (nSPS) is 11.1. The van der Waals surface area contributed by atoms with Gasteiger partial charge in [-0.1, -0.05) is 82.6 Å². The van der Waals surface area contributed by atoms with Crippen molar-refractivity contribution in [3.05, 3.63) is 36.4 Å². The molecule has 3 nitrogen and oxygen atoms in total. The first-order chi connectivity index (χ1) is 13.8. The molecule has 3 heteroatoms. The third-order valence-corrected chi connectivity index (χ3v) is 5.05. The lowest BCUT2D eigenvalue weighted by molar-refractivity contribution is -0.116. The maximum absolute atomic E-state index is 12.0. The molecule has 1 rings (SSSR count). The lowest BCUT2D eigenvalue weighted by Crippen LogP contribution is -2.11. The van der Waals surface area contributed by atoms with Gasteiger partial charge in [-0.25, -0.2) is 0 Å². The quantitative estimate of drug-likeness (QED) is 0.220. The summed E-state index contributed by atoms with van der Waals surface area (Å²) < 4.78 is 5.26. The summed E-state index contributed by atoms with van der Waals surface area (Å²) in [5.41, 5.74) is 0.753. The number of allylic oxidation sites excluding steroid dienone is 2. The molecule has 0 aliphatic heterocycles. The molecule has 0 aliphatic rings. The molecule has 28 heavy (non-hydrogen) atoms. The van der Waals surface area contributed by atoms with Gasteiger partial charge in [0.1, 0.15) is 5.75 Å². The van der Waals surface area contributed by atoms with Gasteiger partial charge in [-0.15, -0.1) is 0 Å². The first kappa shape index (κ1) is 24.3. The van der Waals surface area contributed by atoms with Crippen LogP contribution in [-0.4, -0.2) is 13.0 Å². The predicted octanol–water partition coefficient (Wildman–Crippen LogP) is 7.67. The van der Waals surface area contributed by atoms with Crippen molar-refractivity contribution >= 4 is 11.6 Å². The van der Waals surface area contributed by atoms with E-state index in [4.69, 9.17) is 4.74 Å². The minimum Gasteiger partial charge on any atom is -0.495 e. The van der Waals surface area contributed by atoms with Crippen LogP contribution in [0, 0.1) is 0 Å². The molecule has 1 amide bonds. The highest BCUT2D eigenvalue weighted by molar-refractivity contribution is 5.92. The zero-order valence-electron chi connectivity index (χ0n) is 18.2. The number of unbranched alkanes of at least 4 members (excludes halogenated alkanes) is 11. The van der Waals surface area contributed by atoms with E-state index in [1.165, 1.54) is 70.6 Å². The summed E-state index contributed by atoms with van der Waals surface area (Å²) in [6, 6.07) is 7.53. The second-order valence-corrected chi connectivity index (χ2v) is 7.58. The SMILES string of the molecule is CCCCCCCC/C=C\CCCCCCCC(=O)Nc1ccccc1OC. The Bertz CT molecular complexity index is 539. The monoisotopic (exact) mass is 387 g/mol. The largest absolute Gasteiger partial charge is 0.495 e. The first-order valence-corrected chi connectivity index (χ1v) is 11.4. The van der Waals surface area contributed by atoms with Gasteiger partial charge in [-0.05, 0) is 44.2 Å². The lowest BCUT2D eigenvalue weighted by atomic mass is 10.1. The van der Waals surface area contributed by atoms with Crippen molar-refractivity contribution in [2.45, 2.75) is 96.8 Å². The summed E-state index contributed by atoms with van der Waals surface area (Å²) in [5.74, 6) is 0.780. The fourth-order valence-electron chi connectivity index (χ4n) is 3.32. The Morgan fingerprint density at radius 3 is 2.07 bits per heavy atom. The Morgan fingerprint density at radius 1 is 0.857 bits per heavy atom. The average Bonchev–Trinajstić information content (AvgIpc) is 2.71. The number of hydrogen-bond acceptors (Lipinski definition) is 2. The average molecular weight is 388 g/mol. The topological polar surface area (TPSA) is 38.3 Å². The highest BCUT2D eigenvalue weighted by Crippen LogP contribution is 2.23. The zero-order valence-corrected chi connectivity index (χ0v) is 18.2. The summed E-state index contributed by atoms with van der Waals surface area (Å²) in [6.07, 6.45) is 21.8. The van der Waals surface area contributed by atoms with E-state index in [1.807, 2.05) is 24.3 Å². The Kier molecular flexibility index (Phi) is 15.0. The minimum absolute atomic E-state index is 0.0714. The molecule has 0 saturated carbocycles. The molecule has 0 heterocycles. The van der Waals surface area contributed by atoms with Crippen molar-refractivity contribution in [2.24, 2.45) is 0 Å². The predicted molar refractivity (Wildman–Crippen MR) is 121 cm³/mol. The number of para-hydroxylation sites is 2. The number of nitrogens with one attached hydrogen (secondary N) is 1. The van der Waals surface area contributed by atoms with E-state index in [1.54, 1.807) is 7.11 Å². The minimum atomic E-state index is 0.0714. The molecule has 0 unspecified atom stereocenters. The molecule has 0 saturated heterocycles. The van der Waals surface area contributed by atoms with Gasteiger partial charge >= 0.3 is 0 Å². The van der Waals surface area contributed by atoms with E-state index < -0.39 is 0 Å². The van der Waals surface area contributed by atoms with E-state index in [0.29, 0.717) is 12.2 Å². The maximum Gasteiger partial charge on any atom is 0.224 e. The van der Waals surface area contributed by atoms with Gasteiger partial charge in [-0.2, -0.15) is 0 Å². The number of benzene rings is 1. The van der Waals surface area contributed by atoms with Crippen molar-refractivity contribution in [3.8, 4) is 5.75 Å². The van der Waals surface area contributed by atoms with Gasteiger partial charge in [-0.3, -0.25) is 4.79 Å². The van der Waals surface area contributed by atoms with Crippen LogP contribution in [0.15, 0.2) is 36.4 Å². The Balaban J connectivity index is 1.92. The van der Waals surface area contributed by atoms with E-state index in [9.17, 15) is 4.79 Å². The van der Waals surface area contributed by atoms with Crippen molar-refractivity contribution in [2.75, 3.05) is 12.4 Å². The van der Waals surface area contributed by atoms with Gasteiger partial charge in [0.15, 0.2) is 0 Å². The number of anilines is 1. The van der Waals surface area contributed by atoms with Crippen molar-refractivity contribution in [1.82, 2.24) is 0 Å². The second-order valence-electron chi connectivity index (χ2n) is 7.58. The van der Waals surface area contributed by atoms with Gasteiger partial charge < -0.3 is 10.1 Å². The van der Waals surface area contributed by atoms with Crippen LogP contribution in [0.4, 0.5) is 5.69 Å². The number of carbonyl (C=O) groups is 1. The van der Waals surface area contributed by atoms with Gasteiger partial charge in [0.05, 0.1) is 12.8 Å². The van der Waals surface area contributed by atoms with E-state index in [2.05, 4.69) is 24.4 Å². The molecule has 0 aromatic heterocycles. The van der Waals surface area contributed by atoms with Crippen LogP contribution >= 0.6 is 0 Å². The lowest BCUT2D eigenvalue weighted by Gasteiger charge is -2.09. The standard InChI is InChI=1S/C25H41NO2/c1-3-4-5-6-7-8-9-10-11-12-13-14-15-16-17-22-25(27)26-23-20-18-19-21-24(23)28-2/h10-11,18-21H,3-9,12-17,22H2,1-2H3,(H,26,27)/b11-10-. The molecule has 1 N–H and O–H groups in total. The smallest absolute Gasteiger partial charge is 0.224 e. The molecular formula is C25H41NO2. The molecule has 0 fully saturated rings. The van der Waals surface area contributed by atoms with E-state index in [0.717, 1.165) is 18.5 Å². The Morgan fingerprint density at radius 2 is 1.43 bits per heavy atom. The van der Waals surface area contributed by atoms with Crippen molar-refractivity contribution in [3.63, 3.8) is 0 Å². The van der Waals surface area contributed by atoms with E-state index >= 15 is 0 Å². The molecule has 0 radical (unpaired) electrons. The molecule has 158 valence electrons. The summed E-state index contributed by atoms with van der Waals surface area (Å²) in [6.45, 7) is 2.27. The number of carbonyl (C=O) groups excluding carboxylic acids is 1. The van der Waals surface area contributed by atoms with Crippen molar-refractivity contribution < 1.29 is 9.53 Å². The van der Waals surface area contributed by atoms with Gasteiger partial charge in [0.25, 0.3) is 0 Å². The third kappa shape index (κ3) is 12.6. The molecule has 0 bridgehead atoms. The molecule has 0 aliphatic carbocycles. The summed E-state index contributed by atoms with van der Waals surface area (Å²) >= 11 is 0. The van der Waals surface area contributed by atoms with Crippen LogP contribution in [0.3, 0.4) is 0 Å². The van der Waals surface area contributed by atoms with Crippen LogP contribution in [0.2, 0.25) is 0 Å². The maximum atomic E-state index is 12.0. The van der Waals surface area contributed by atoms with Crippen LogP contribution in [-0.2, 0) is 4.79 Å². The molecule has 0 spiro atoms. The molecule has 0 atom stereocenters. The zero-order chi connectivity index (χ0) is 20.3. The van der Waals surface area contributed by atoms with Gasteiger partial charge in [0, 0.05) is 6.42 Å². The Hall–Kier alpha value is -1.77. The van der Waals surface area contributed by atoms with E-state index in [-0.39, 0.29) is 5.91 Å². The number of rotatable bonds is 17. The van der Waals surface area contributed by atoms with Crippen LogP contribution in [0.25, 0.3) is 0 Å². The van der Waals surface area contributed by atoms with Crippen LogP contribution in [0.1, 0.15) is 96.8 Å². The second kappa shape index (κ2) is 17.3. The van der Waals surface area contributed by atoms with Crippen LogP contribution < -0.4 is 10.1 Å². The molecular weight excluding hydrogens is 346 g/mol. The van der Waals surface area contributed by atoms with Crippen molar-refractivity contribution in [1.29, 1.82) is 0 Å². The van der Waals surface area contributed by atoms with Gasteiger partial charge in [0.2, 0.25) is 5.91 Å². The summed E-state index contributed by atoms with van der Waals surface area (Å²) in [7, 11) is 1.62. The number of methoxy groups -OCH3 is 1. The number of hydrogen-bond donors (Lipinski definition) is 1. The molecule has 1 aromatic carbocycles. The number of amides is 1. The summed E-state index contributed by atoms with van der Waals surface area (Å²) in [5, 5.41) is 2.94. The molecule has 1 aromatic rings. The highest BCUT2D eigenvalue weighted by Gasteiger charge is 2.06. The highest BCUT2D eigenvalue weighted by atomic mass is 16.5. The fourth-order valence-corrected chi connectivity index (χ4v) is 3.32. The Labute approximate surface area is 173 Å². The fraction of sp³-hybridized carbons (Fsp3) is 0.640. The third-order valence-electron chi connectivity index (χ3n) is 5.05.